The molecule has 1 saturated heterocycles. The van der Waals surface area contributed by atoms with Crippen LogP contribution in [-0.2, 0) is 23.8 Å². The third-order valence-electron chi connectivity index (χ3n) is 16.8. The third kappa shape index (κ3) is 49.0. The molecule has 11 heteroatoms. The number of rotatable bonds is 62. The fraction of sp³-hybridized carbons (Fsp3) is 0.813. The molecule has 500 valence electrons. The fourth-order valence-electron chi connectivity index (χ4n) is 11.1. The molecule has 0 aromatic rings. The quantitative estimate of drug-likeness (QED) is 0.0195. The maximum atomic E-state index is 13.5. The number of aliphatic hydroxyl groups is 5. The monoisotopic (exact) mass is 1210 g/mol. The third-order valence-corrected chi connectivity index (χ3v) is 16.8. The second kappa shape index (κ2) is 62.3. The Bertz CT molecular complexity index is 1680. The summed E-state index contributed by atoms with van der Waals surface area (Å²) < 4.78 is 17.7. The molecule has 1 aliphatic heterocycles. The van der Waals surface area contributed by atoms with E-state index in [1.807, 2.05) is 6.08 Å². The minimum atomic E-state index is -1.62. The van der Waals surface area contributed by atoms with Gasteiger partial charge in [-0.15, -0.1) is 0 Å². The zero-order chi connectivity index (χ0) is 62.4. The van der Waals surface area contributed by atoms with Crippen molar-refractivity contribution >= 4 is 11.9 Å². The Morgan fingerprint density at radius 2 is 0.802 bits per heavy atom. The Hall–Kier alpha value is -2.90. The highest BCUT2D eigenvalue weighted by Gasteiger charge is 2.47. The van der Waals surface area contributed by atoms with E-state index in [1.54, 1.807) is 6.08 Å². The van der Waals surface area contributed by atoms with Crippen molar-refractivity contribution in [3.05, 3.63) is 72.9 Å². The van der Waals surface area contributed by atoms with Crippen molar-refractivity contribution in [2.24, 2.45) is 0 Å². The number of hydrogen-bond acceptors (Lipinski definition) is 10. The average Bonchev–Trinajstić information content (AvgIpc) is 3.38. The Kier molecular flexibility index (Phi) is 58.8. The molecule has 0 aromatic carbocycles. The number of ether oxygens (including phenoxy) is 3. The van der Waals surface area contributed by atoms with Crippen molar-refractivity contribution in [3.63, 3.8) is 0 Å². The Morgan fingerprint density at radius 1 is 0.453 bits per heavy atom. The van der Waals surface area contributed by atoms with Gasteiger partial charge in [-0.3, -0.25) is 9.59 Å². The summed E-state index contributed by atoms with van der Waals surface area (Å²) in [5.41, 5.74) is 0. The number of aliphatic hydroxyl groups excluding tert-OH is 5. The van der Waals surface area contributed by atoms with Crippen molar-refractivity contribution in [2.75, 3.05) is 13.2 Å². The average molecular weight is 1210 g/mol. The first-order valence-corrected chi connectivity index (χ1v) is 36.2. The van der Waals surface area contributed by atoms with Crippen LogP contribution < -0.4 is 5.32 Å². The van der Waals surface area contributed by atoms with Gasteiger partial charge in [0.15, 0.2) is 12.4 Å². The van der Waals surface area contributed by atoms with Crippen LogP contribution >= 0.6 is 0 Å². The number of amides is 1. The Labute approximate surface area is 528 Å². The molecule has 1 amide bonds. The molecule has 0 aliphatic carbocycles. The molecule has 0 saturated carbocycles. The fourth-order valence-corrected chi connectivity index (χ4v) is 11.1. The molecule has 1 rings (SSSR count). The molecule has 8 unspecified atom stereocenters. The molecule has 86 heavy (non-hydrogen) atoms. The van der Waals surface area contributed by atoms with Gasteiger partial charge in [-0.05, 0) is 96.3 Å². The van der Waals surface area contributed by atoms with Crippen LogP contribution in [0.3, 0.4) is 0 Å². The van der Waals surface area contributed by atoms with Crippen LogP contribution in [0.1, 0.15) is 329 Å². The van der Waals surface area contributed by atoms with Crippen molar-refractivity contribution in [2.45, 2.75) is 378 Å². The highest BCUT2D eigenvalue weighted by Crippen LogP contribution is 2.26. The summed E-state index contributed by atoms with van der Waals surface area (Å²) in [7, 11) is 0. The van der Waals surface area contributed by atoms with Crippen LogP contribution in [0.4, 0.5) is 0 Å². The number of carbonyl (C=O) groups is 2. The summed E-state index contributed by atoms with van der Waals surface area (Å²) in [5.74, 6) is -1.21. The van der Waals surface area contributed by atoms with E-state index in [0.717, 1.165) is 89.9 Å². The first-order chi connectivity index (χ1) is 42.2. The second-order valence-corrected chi connectivity index (χ2v) is 25.0. The van der Waals surface area contributed by atoms with Gasteiger partial charge in [0.1, 0.15) is 24.4 Å². The highest BCUT2D eigenvalue weighted by atomic mass is 16.7. The topological polar surface area (TPSA) is 175 Å². The van der Waals surface area contributed by atoms with Crippen molar-refractivity contribution in [3.8, 4) is 0 Å². The second-order valence-electron chi connectivity index (χ2n) is 25.0. The number of esters is 1. The SMILES string of the molecule is CCCCC/C=C\C/C=C\C/C=C\C/C=C\CCCCCCCC(=O)OC1C(OCC(NC(=O)C(O)CCCCCCCCCCCCCCCC/C=C/CCCCCCCC)C(O)/C=C/CCCCCCCCCCCC)OC(CO)C(O)C1O. The molecule has 6 N–H and O–H groups in total. The van der Waals surface area contributed by atoms with Gasteiger partial charge in [0.2, 0.25) is 5.91 Å². The number of unbranched alkanes of at least 4 members (excludes halogenated alkanes) is 38. The zero-order valence-electron chi connectivity index (χ0n) is 55.7. The van der Waals surface area contributed by atoms with Crippen molar-refractivity contribution < 1.29 is 49.3 Å². The van der Waals surface area contributed by atoms with E-state index in [-0.39, 0.29) is 19.4 Å². The first-order valence-electron chi connectivity index (χ1n) is 36.2. The lowest BCUT2D eigenvalue weighted by molar-refractivity contribution is -0.305. The molecule has 0 spiro atoms. The summed E-state index contributed by atoms with van der Waals surface area (Å²) in [6.07, 6.45) is 70.8. The van der Waals surface area contributed by atoms with Gasteiger partial charge in [0, 0.05) is 6.42 Å². The van der Waals surface area contributed by atoms with Gasteiger partial charge >= 0.3 is 5.97 Å². The predicted octanol–water partition coefficient (Wildman–Crippen LogP) is 18.7. The molecule has 1 aliphatic rings. The molecule has 0 bridgehead atoms. The Morgan fingerprint density at radius 3 is 1.23 bits per heavy atom. The van der Waals surface area contributed by atoms with E-state index in [0.29, 0.717) is 12.8 Å². The van der Waals surface area contributed by atoms with Crippen LogP contribution in [0, 0.1) is 0 Å². The smallest absolute Gasteiger partial charge is 0.306 e. The van der Waals surface area contributed by atoms with E-state index < -0.39 is 67.4 Å². The number of allylic oxidation sites excluding steroid dienone is 11. The molecule has 1 heterocycles. The van der Waals surface area contributed by atoms with E-state index >= 15 is 0 Å². The molecule has 8 atom stereocenters. The summed E-state index contributed by atoms with van der Waals surface area (Å²) in [6, 6.07) is -1.03. The van der Waals surface area contributed by atoms with E-state index in [4.69, 9.17) is 14.2 Å². The lowest BCUT2D eigenvalue weighted by Crippen LogP contribution is -2.61. The van der Waals surface area contributed by atoms with Crippen LogP contribution in [0.2, 0.25) is 0 Å². The lowest BCUT2D eigenvalue weighted by atomic mass is 9.99. The number of nitrogens with one attached hydrogen (secondary N) is 1. The van der Waals surface area contributed by atoms with Gasteiger partial charge in [-0.25, -0.2) is 0 Å². The highest BCUT2D eigenvalue weighted by molar-refractivity contribution is 5.80. The normalized spacial score (nSPS) is 18.7. The van der Waals surface area contributed by atoms with Gasteiger partial charge in [-0.1, -0.05) is 299 Å². The van der Waals surface area contributed by atoms with Crippen LogP contribution in [0.5, 0.6) is 0 Å². The minimum absolute atomic E-state index is 0.101. The maximum Gasteiger partial charge on any atom is 0.306 e. The largest absolute Gasteiger partial charge is 0.454 e. The van der Waals surface area contributed by atoms with Gasteiger partial charge < -0.3 is 45.1 Å². The molecule has 0 aromatic heterocycles. The maximum absolute atomic E-state index is 13.5. The van der Waals surface area contributed by atoms with Crippen LogP contribution in [0.15, 0.2) is 72.9 Å². The number of carbonyl (C=O) groups excluding carboxylic acids is 2. The Balaban J connectivity index is 2.58. The van der Waals surface area contributed by atoms with Crippen LogP contribution in [0.25, 0.3) is 0 Å². The van der Waals surface area contributed by atoms with E-state index in [2.05, 4.69) is 86.8 Å². The summed E-state index contributed by atoms with van der Waals surface area (Å²) in [6.45, 7) is 5.78. The molecular weight excluding hydrogens is 1070 g/mol. The summed E-state index contributed by atoms with van der Waals surface area (Å²) in [5, 5.41) is 57.3. The zero-order valence-corrected chi connectivity index (χ0v) is 55.7. The van der Waals surface area contributed by atoms with Crippen molar-refractivity contribution in [1.29, 1.82) is 0 Å². The lowest BCUT2D eigenvalue weighted by Gasteiger charge is -2.41. The summed E-state index contributed by atoms with van der Waals surface area (Å²) >= 11 is 0. The number of hydrogen-bond donors (Lipinski definition) is 6. The first kappa shape index (κ1) is 81.1. The standard InChI is InChI=1S/C75H135NO10/c1-4-7-10-13-16-19-22-25-27-29-31-33-34-35-37-38-40-42-44-47-50-53-56-59-62-68(79)74(83)76-66(67(78)61-58-55-52-49-46-24-21-18-15-12-9-6-3)65-84-75-73(72(82)71(81)69(64-77)85-75)86-70(80)63-60-57-54-51-48-45-43-41-39-36-32-30-28-26-23-20-17-14-11-8-5-2/h17,20,25-28,32,36,41,43,58,61,66-69,71-73,75,77-79,81-82H,4-16,18-19,21-24,29-31,33-35,37-40,42,44-57,59-60,62-65H2,1-3H3,(H,76,83)/b20-17-,27-25+,28-26-,36-32-,43-41-,61-58+. The predicted molar refractivity (Wildman–Crippen MR) is 361 cm³/mol. The van der Waals surface area contributed by atoms with E-state index in [9.17, 15) is 35.1 Å². The molecule has 11 nitrogen and oxygen atoms in total. The van der Waals surface area contributed by atoms with Gasteiger partial charge in [0.25, 0.3) is 0 Å². The van der Waals surface area contributed by atoms with Gasteiger partial charge in [-0.2, -0.15) is 0 Å². The van der Waals surface area contributed by atoms with Crippen molar-refractivity contribution in [1.82, 2.24) is 5.32 Å². The molecular formula is C75H135NO10. The van der Waals surface area contributed by atoms with Crippen LogP contribution in [-0.4, -0.2) is 99.6 Å². The van der Waals surface area contributed by atoms with Gasteiger partial charge in [0.05, 0.1) is 25.4 Å². The molecule has 1 fully saturated rings. The minimum Gasteiger partial charge on any atom is -0.454 e. The summed E-state index contributed by atoms with van der Waals surface area (Å²) in [4.78, 5) is 26.7. The van der Waals surface area contributed by atoms with E-state index in [1.165, 1.54) is 193 Å². The molecule has 0 radical (unpaired) electrons.